The summed E-state index contributed by atoms with van der Waals surface area (Å²) in [6, 6.07) is 9.42. The van der Waals surface area contributed by atoms with Crippen molar-refractivity contribution in [3.05, 3.63) is 29.8 Å². The second-order valence-electron chi connectivity index (χ2n) is 4.50. The van der Waals surface area contributed by atoms with Gasteiger partial charge in [0.1, 0.15) is 0 Å². The molecular weight excluding hydrogens is 172 g/mol. The van der Waals surface area contributed by atoms with Crippen molar-refractivity contribution in [2.45, 2.75) is 18.4 Å². The molecule has 1 fully saturated rings. The summed E-state index contributed by atoms with van der Waals surface area (Å²) < 4.78 is 0. The predicted octanol–water partition coefficient (Wildman–Crippen LogP) is 1.90. The molecule has 74 valence electrons. The fraction of sp³-hybridized carbons (Fsp3) is 0.500. The summed E-state index contributed by atoms with van der Waals surface area (Å²) in [7, 11) is 2.22. The van der Waals surface area contributed by atoms with Crippen LogP contribution in [0, 0.1) is 0 Å². The highest BCUT2D eigenvalue weighted by molar-refractivity contribution is 5.59. The van der Waals surface area contributed by atoms with Crippen molar-refractivity contribution < 1.29 is 0 Å². The average molecular weight is 188 g/mol. The first-order valence-corrected chi connectivity index (χ1v) is 5.38. The van der Waals surface area contributed by atoms with Crippen molar-refractivity contribution in [1.29, 1.82) is 0 Å². The first-order chi connectivity index (χ1) is 6.84. The summed E-state index contributed by atoms with van der Waals surface area (Å²) in [4.78, 5) is 2.44. The number of fused-ring (bicyclic) bond motifs is 3. The number of rotatable bonds is 0. The monoisotopic (exact) mass is 188 g/mol. The van der Waals surface area contributed by atoms with Crippen molar-refractivity contribution in [2.75, 3.05) is 25.5 Å². The Hall–Kier alpha value is -1.02. The molecule has 2 heterocycles. The van der Waals surface area contributed by atoms with Gasteiger partial charge >= 0.3 is 0 Å². The van der Waals surface area contributed by atoms with Crippen molar-refractivity contribution in [1.82, 2.24) is 4.90 Å². The number of likely N-dealkylation sites (tertiary alicyclic amines) is 1. The zero-order valence-corrected chi connectivity index (χ0v) is 8.53. The lowest BCUT2D eigenvalue weighted by Crippen LogP contribution is -2.39. The molecule has 0 radical (unpaired) electrons. The van der Waals surface area contributed by atoms with Gasteiger partial charge in [-0.3, -0.25) is 0 Å². The van der Waals surface area contributed by atoms with E-state index in [1.807, 2.05) is 0 Å². The minimum Gasteiger partial charge on any atom is -0.381 e. The third-order valence-corrected chi connectivity index (χ3v) is 3.52. The maximum absolute atomic E-state index is 3.63. The van der Waals surface area contributed by atoms with E-state index in [1.54, 1.807) is 0 Å². The van der Waals surface area contributed by atoms with Gasteiger partial charge in [0.05, 0.1) is 0 Å². The Morgan fingerprint density at radius 2 is 2.21 bits per heavy atom. The maximum atomic E-state index is 3.63. The third-order valence-electron chi connectivity index (χ3n) is 3.52. The van der Waals surface area contributed by atoms with Crippen molar-refractivity contribution in [3.63, 3.8) is 0 Å². The minimum absolute atomic E-state index is 0.684. The first kappa shape index (κ1) is 8.30. The Morgan fingerprint density at radius 3 is 3.14 bits per heavy atom. The van der Waals surface area contributed by atoms with Gasteiger partial charge in [-0.25, -0.2) is 0 Å². The van der Waals surface area contributed by atoms with E-state index >= 15 is 0 Å². The fourth-order valence-corrected chi connectivity index (χ4v) is 2.75. The van der Waals surface area contributed by atoms with Gasteiger partial charge in [0, 0.05) is 24.2 Å². The van der Waals surface area contributed by atoms with Crippen LogP contribution in [0.5, 0.6) is 0 Å². The zero-order chi connectivity index (χ0) is 9.54. The second kappa shape index (κ2) is 2.99. The Kier molecular flexibility index (Phi) is 1.77. The predicted molar refractivity (Wildman–Crippen MR) is 58.7 cm³/mol. The minimum atomic E-state index is 0.684. The average Bonchev–Trinajstić information content (AvgIpc) is 2.56. The Labute approximate surface area is 84.9 Å². The van der Waals surface area contributed by atoms with Crippen LogP contribution in [0.3, 0.4) is 0 Å². The lowest BCUT2D eigenvalue weighted by atomic mass is 9.90. The lowest BCUT2D eigenvalue weighted by Gasteiger charge is -2.32. The second-order valence-corrected chi connectivity index (χ2v) is 4.50. The van der Waals surface area contributed by atoms with Crippen molar-refractivity contribution in [3.8, 4) is 0 Å². The molecule has 0 saturated carbocycles. The Bertz CT molecular complexity index is 348. The van der Waals surface area contributed by atoms with E-state index < -0.39 is 0 Å². The molecule has 1 N–H and O–H groups in total. The van der Waals surface area contributed by atoms with Crippen LogP contribution in [0.4, 0.5) is 5.69 Å². The van der Waals surface area contributed by atoms with Gasteiger partial charge in [0.2, 0.25) is 0 Å². The van der Waals surface area contributed by atoms with Crippen LogP contribution in [0.15, 0.2) is 24.3 Å². The number of nitrogens with one attached hydrogen (secondary N) is 1. The molecule has 0 unspecified atom stereocenters. The van der Waals surface area contributed by atoms with Gasteiger partial charge in [-0.05, 0) is 31.6 Å². The molecule has 2 atom stereocenters. The topological polar surface area (TPSA) is 15.3 Å². The van der Waals surface area contributed by atoms with Crippen molar-refractivity contribution in [2.24, 2.45) is 0 Å². The molecule has 0 amide bonds. The van der Waals surface area contributed by atoms with Crippen LogP contribution >= 0.6 is 0 Å². The van der Waals surface area contributed by atoms with Crippen LogP contribution in [-0.2, 0) is 0 Å². The first-order valence-electron chi connectivity index (χ1n) is 5.38. The van der Waals surface area contributed by atoms with Crippen LogP contribution in [-0.4, -0.2) is 31.1 Å². The highest BCUT2D eigenvalue weighted by Gasteiger charge is 2.35. The Morgan fingerprint density at radius 1 is 1.36 bits per heavy atom. The largest absolute Gasteiger partial charge is 0.381 e. The standard InChI is InChI=1S/C12H16N2/c1-14-7-6-12-10(8-14)9-4-2-3-5-11(9)13-12/h2-5,10,12-13H,6-8H2,1H3/t10-,12+/m1/s1. The highest BCUT2D eigenvalue weighted by atomic mass is 15.1. The van der Waals surface area contributed by atoms with E-state index in [9.17, 15) is 0 Å². The molecule has 1 saturated heterocycles. The summed E-state index contributed by atoms with van der Waals surface area (Å²) in [6.07, 6.45) is 1.27. The molecule has 2 aliphatic heterocycles. The van der Waals surface area contributed by atoms with Gasteiger partial charge in [0.25, 0.3) is 0 Å². The molecule has 2 nitrogen and oxygen atoms in total. The van der Waals surface area contributed by atoms with E-state index in [4.69, 9.17) is 0 Å². The smallest absolute Gasteiger partial charge is 0.0379 e. The number of nitrogens with zero attached hydrogens (tertiary/aromatic N) is 1. The van der Waals surface area contributed by atoms with Gasteiger partial charge in [0.15, 0.2) is 0 Å². The maximum Gasteiger partial charge on any atom is 0.0379 e. The van der Waals surface area contributed by atoms with Crippen LogP contribution < -0.4 is 5.32 Å². The molecule has 3 rings (SSSR count). The van der Waals surface area contributed by atoms with Gasteiger partial charge in [-0.15, -0.1) is 0 Å². The summed E-state index contributed by atoms with van der Waals surface area (Å²) in [5.74, 6) is 0.713. The quantitative estimate of drug-likeness (QED) is 0.669. The van der Waals surface area contributed by atoms with Crippen LogP contribution in [0.1, 0.15) is 17.9 Å². The van der Waals surface area contributed by atoms with Gasteiger partial charge in [-0.2, -0.15) is 0 Å². The molecule has 2 heteroatoms. The Balaban J connectivity index is 1.97. The lowest BCUT2D eigenvalue weighted by molar-refractivity contribution is 0.243. The molecular formula is C12H16N2. The highest BCUT2D eigenvalue weighted by Crippen LogP contribution is 2.39. The van der Waals surface area contributed by atoms with Crippen LogP contribution in [0.25, 0.3) is 0 Å². The zero-order valence-electron chi connectivity index (χ0n) is 8.53. The number of benzene rings is 1. The van der Waals surface area contributed by atoms with E-state index in [-0.39, 0.29) is 0 Å². The molecule has 0 aliphatic carbocycles. The summed E-state index contributed by atoms with van der Waals surface area (Å²) in [5, 5.41) is 3.63. The summed E-state index contributed by atoms with van der Waals surface area (Å²) in [6.45, 7) is 2.43. The molecule has 14 heavy (non-hydrogen) atoms. The number of piperidine rings is 1. The number of para-hydroxylation sites is 1. The molecule has 0 bridgehead atoms. The molecule has 1 aromatic carbocycles. The number of hydrogen-bond acceptors (Lipinski definition) is 2. The SMILES string of the molecule is CN1CC[C@@H]2Nc3ccccc3[C@H]2C1. The third kappa shape index (κ3) is 1.14. The summed E-state index contributed by atoms with van der Waals surface area (Å²) in [5.41, 5.74) is 2.88. The van der Waals surface area contributed by atoms with E-state index in [0.717, 1.165) is 0 Å². The molecule has 2 aliphatic rings. The van der Waals surface area contributed by atoms with Gasteiger partial charge in [-0.1, -0.05) is 18.2 Å². The number of anilines is 1. The summed E-state index contributed by atoms with van der Waals surface area (Å²) >= 11 is 0. The van der Waals surface area contributed by atoms with Crippen molar-refractivity contribution >= 4 is 5.69 Å². The molecule has 0 aromatic heterocycles. The van der Waals surface area contributed by atoms with E-state index in [1.165, 1.54) is 30.8 Å². The number of hydrogen-bond donors (Lipinski definition) is 1. The van der Waals surface area contributed by atoms with Gasteiger partial charge < -0.3 is 10.2 Å². The van der Waals surface area contributed by atoms with Crippen LogP contribution in [0.2, 0.25) is 0 Å². The number of likely N-dealkylation sites (N-methyl/N-ethyl adjacent to an activating group) is 1. The molecule has 0 spiro atoms. The normalized spacial score (nSPS) is 30.6. The molecule has 1 aromatic rings. The fourth-order valence-electron chi connectivity index (χ4n) is 2.75. The van der Waals surface area contributed by atoms with E-state index in [0.29, 0.717) is 12.0 Å². The van der Waals surface area contributed by atoms with E-state index in [2.05, 4.69) is 41.5 Å².